The first-order valence-corrected chi connectivity index (χ1v) is 10.8. The molecule has 27 heavy (non-hydrogen) atoms. The van der Waals surface area contributed by atoms with Gasteiger partial charge in [0, 0.05) is 25.0 Å². The number of hydrogen-bond donors (Lipinski definition) is 1. The van der Waals surface area contributed by atoms with Crippen LogP contribution in [0.2, 0.25) is 0 Å². The summed E-state index contributed by atoms with van der Waals surface area (Å²) in [5, 5.41) is 1.07. The second kappa shape index (κ2) is 8.67. The van der Waals surface area contributed by atoms with Crippen LogP contribution in [0.15, 0.2) is 35.7 Å². The molecule has 1 N–H and O–H groups in total. The molecule has 2 heterocycles. The lowest BCUT2D eigenvalue weighted by molar-refractivity contribution is -0.142. The van der Waals surface area contributed by atoms with E-state index in [1.807, 2.05) is 18.2 Å². The molecule has 0 radical (unpaired) electrons. The molecule has 0 saturated carbocycles. The molecule has 7 nitrogen and oxygen atoms in total. The Morgan fingerprint density at radius 1 is 1.11 bits per heavy atom. The molecule has 0 spiro atoms. The fourth-order valence-electron chi connectivity index (χ4n) is 3.41. The lowest BCUT2D eigenvalue weighted by Gasteiger charge is -2.32. The fourth-order valence-corrected chi connectivity index (χ4v) is 4.44. The number of nitrogens with one attached hydrogen (secondary N) is 1. The number of nitrogens with zero attached hydrogens (tertiary/aromatic N) is 2. The number of hydrogen-bond acceptors (Lipinski definition) is 4. The van der Waals surface area contributed by atoms with Crippen molar-refractivity contribution in [3.05, 3.63) is 41.3 Å². The molecule has 0 bridgehead atoms. The minimum absolute atomic E-state index is 0.0247. The van der Waals surface area contributed by atoms with E-state index in [-0.39, 0.29) is 18.4 Å². The molecule has 2 aliphatic rings. The van der Waals surface area contributed by atoms with E-state index in [9.17, 15) is 18.0 Å². The highest BCUT2D eigenvalue weighted by Gasteiger charge is 2.33. The van der Waals surface area contributed by atoms with Crippen LogP contribution in [0, 0.1) is 0 Å². The number of sulfonamides is 1. The van der Waals surface area contributed by atoms with Gasteiger partial charge in [0.1, 0.15) is 6.04 Å². The highest BCUT2D eigenvalue weighted by molar-refractivity contribution is 7.92. The minimum atomic E-state index is -3.75. The Labute approximate surface area is 160 Å². The van der Waals surface area contributed by atoms with E-state index < -0.39 is 16.1 Å². The summed E-state index contributed by atoms with van der Waals surface area (Å²) in [5.74, 6) is -0.390. The Balaban J connectivity index is 1.59. The van der Waals surface area contributed by atoms with Gasteiger partial charge in [0.2, 0.25) is 21.8 Å². The van der Waals surface area contributed by atoms with Crippen LogP contribution in [0.25, 0.3) is 6.08 Å². The van der Waals surface area contributed by atoms with Crippen LogP contribution >= 0.6 is 0 Å². The van der Waals surface area contributed by atoms with E-state index in [1.165, 1.54) is 11.0 Å². The van der Waals surface area contributed by atoms with Gasteiger partial charge in [0.25, 0.3) is 0 Å². The van der Waals surface area contributed by atoms with E-state index in [2.05, 4.69) is 4.72 Å². The summed E-state index contributed by atoms with van der Waals surface area (Å²) in [6.45, 7) is 1.98. The maximum atomic E-state index is 12.6. The monoisotopic (exact) mass is 391 g/mol. The first kappa shape index (κ1) is 19.6. The van der Waals surface area contributed by atoms with Gasteiger partial charge in [-0.2, -0.15) is 4.72 Å². The first-order chi connectivity index (χ1) is 12.9. The average Bonchev–Trinajstić information content (AvgIpc) is 3.19. The van der Waals surface area contributed by atoms with Gasteiger partial charge in [-0.3, -0.25) is 9.59 Å². The standard InChI is InChI=1S/C19H25N3O4S/c23-18(21-11-4-5-12-21)15-22-13-6-9-17(19(22)24)20-27(25,26)14-10-16-7-2-1-3-8-16/h1-3,7-8,10,14,17,20H,4-6,9,11-13,15H2/b14-10+/t17-/m0/s1. The SMILES string of the molecule is O=C(CN1CCC[C@H](NS(=O)(=O)/C=C/c2ccccc2)C1=O)N1CCCC1. The van der Waals surface area contributed by atoms with Gasteiger partial charge in [-0.05, 0) is 37.3 Å². The number of piperidine rings is 1. The number of amides is 2. The van der Waals surface area contributed by atoms with Crippen molar-refractivity contribution in [2.24, 2.45) is 0 Å². The molecular formula is C19H25N3O4S. The molecule has 2 amide bonds. The Morgan fingerprint density at radius 2 is 1.81 bits per heavy atom. The van der Waals surface area contributed by atoms with Gasteiger partial charge in [-0.25, -0.2) is 8.42 Å². The van der Waals surface area contributed by atoms with Crippen LogP contribution in [0.3, 0.4) is 0 Å². The van der Waals surface area contributed by atoms with E-state index in [0.29, 0.717) is 19.4 Å². The topological polar surface area (TPSA) is 86.8 Å². The molecule has 146 valence electrons. The van der Waals surface area contributed by atoms with Gasteiger partial charge >= 0.3 is 0 Å². The molecule has 2 fully saturated rings. The Hall–Kier alpha value is -2.19. The predicted octanol–water partition coefficient (Wildman–Crippen LogP) is 1.19. The number of rotatable bonds is 6. The molecule has 0 unspecified atom stereocenters. The maximum absolute atomic E-state index is 12.6. The second-order valence-electron chi connectivity index (χ2n) is 6.92. The van der Waals surface area contributed by atoms with Gasteiger partial charge in [0.05, 0.1) is 6.54 Å². The van der Waals surface area contributed by atoms with Crippen molar-refractivity contribution in [3.8, 4) is 0 Å². The second-order valence-corrected chi connectivity index (χ2v) is 8.52. The molecular weight excluding hydrogens is 366 g/mol. The molecule has 0 aromatic heterocycles. The molecule has 8 heteroatoms. The zero-order valence-electron chi connectivity index (χ0n) is 15.2. The molecule has 3 rings (SSSR count). The number of carbonyl (C=O) groups excluding carboxylic acids is 2. The summed E-state index contributed by atoms with van der Waals surface area (Å²) < 4.78 is 27.1. The van der Waals surface area contributed by atoms with Gasteiger partial charge in [-0.15, -0.1) is 0 Å². The summed E-state index contributed by atoms with van der Waals surface area (Å²) in [6.07, 6.45) is 4.58. The van der Waals surface area contributed by atoms with Crippen LogP contribution in [-0.4, -0.2) is 62.3 Å². The predicted molar refractivity (Wildman–Crippen MR) is 103 cm³/mol. The van der Waals surface area contributed by atoms with Crippen LogP contribution in [0.4, 0.5) is 0 Å². The third-order valence-corrected chi connectivity index (χ3v) is 5.97. The lowest BCUT2D eigenvalue weighted by Crippen LogP contribution is -2.54. The quantitative estimate of drug-likeness (QED) is 0.789. The van der Waals surface area contributed by atoms with E-state index in [0.717, 1.165) is 36.9 Å². The summed E-state index contributed by atoms with van der Waals surface area (Å²) in [5.41, 5.74) is 0.760. The van der Waals surface area contributed by atoms with Crippen molar-refractivity contribution in [1.82, 2.24) is 14.5 Å². The van der Waals surface area contributed by atoms with Gasteiger partial charge in [-0.1, -0.05) is 30.3 Å². The summed E-state index contributed by atoms with van der Waals surface area (Å²) >= 11 is 0. The highest BCUT2D eigenvalue weighted by Crippen LogP contribution is 2.15. The zero-order valence-corrected chi connectivity index (χ0v) is 16.0. The molecule has 1 aromatic carbocycles. The number of likely N-dealkylation sites (tertiary alicyclic amines) is 2. The van der Waals surface area contributed by atoms with Crippen molar-refractivity contribution in [3.63, 3.8) is 0 Å². The molecule has 2 aliphatic heterocycles. The third kappa shape index (κ3) is 5.40. The minimum Gasteiger partial charge on any atom is -0.341 e. The lowest BCUT2D eigenvalue weighted by atomic mass is 10.1. The Kier molecular flexibility index (Phi) is 6.28. The van der Waals surface area contributed by atoms with E-state index >= 15 is 0 Å². The Morgan fingerprint density at radius 3 is 2.52 bits per heavy atom. The summed E-state index contributed by atoms with van der Waals surface area (Å²) in [7, 11) is -3.75. The normalized spacial score (nSPS) is 21.2. The number of carbonyl (C=O) groups is 2. The largest absolute Gasteiger partial charge is 0.341 e. The zero-order chi connectivity index (χ0) is 19.3. The molecule has 1 aromatic rings. The van der Waals surface area contributed by atoms with Crippen LogP contribution in [-0.2, 0) is 19.6 Å². The molecule has 1 atom stereocenters. The van der Waals surface area contributed by atoms with E-state index in [4.69, 9.17) is 0 Å². The van der Waals surface area contributed by atoms with Gasteiger partial charge < -0.3 is 9.80 Å². The summed E-state index contributed by atoms with van der Waals surface area (Å²) in [4.78, 5) is 28.2. The van der Waals surface area contributed by atoms with Crippen molar-refractivity contribution in [2.75, 3.05) is 26.2 Å². The van der Waals surface area contributed by atoms with Gasteiger partial charge in [0.15, 0.2) is 0 Å². The summed E-state index contributed by atoms with van der Waals surface area (Å²) in [6, 6.07) is 8.25. The third-order valence-electron chi connectivity index (χ3n) is 4.86. The van der Waals surface area contributed by atoms with Crippen molar-refractivity contribution in [2.45, 2.75) is 31.7 Å². The number of benzene rings is 1. The van der Waals surface area contributed by atoms with Crippen LogP contribution < -0.4 is 4.72 Å². The van der Waals surface area contributed by atoms with Crippen LogP contribution in [0.1, 0.15) is 31.2 Å². The fraction of sp³-hybridized carbons (Fsp3) is 0.474. The smallest absolute Gasteiger partial charge is 0.242 e. The van der Waals surface area contributed by atoms with Crippen molar-refractivity contribution >= 4 is 27.9 Å². The van der Waals surface area contributed by atoms with Crippen molar-refractivity contribution < 1.29 is 18.0 Å². The first-order valence-electron chi connectivity index (χ1n) is 9.27. The highest BCUT2D eigenvalue weighted by atomic mass is 32.2. The van der Waals surface area contributed by atoms with E-state index in [1.54, 1.807) is 17.0 Å². The Bertz CT molecular complexity index is 802. The molecule has 2 saturated heterocycles. The average molecular weight is 391 g/mol. The van der Waals surface area contributed by atoms with Crippen LogP contribution in [0.5, 0.6) is 0 Å². The van der Waals surface area contributed by atoms with Crippen molar-refractivity contribution in [1.29, 1.82) is 0 Å². The maximum Gasteiger partial charge on any atom is 0.242 e. The molecule has 0 aliphatic carbocycles.